The SMILES string of the molecule is C=C/C=C\C(=C)[S+](C)[O-]. The van der Waals surface area contributed by atoms with E-state index in [1.54, 1.807) is 24.5 Å². The van der Waals surface area contributed by atoms with Gasteiger partial charge in [0.25, 0.3) is 0 Å². The van der Waals surface area contributed by atoms with Crippen LogP contribution in [0.4, 0.5) is 0 Å². The maximum Gasteiger partial charge on any atom is 0.145 e. The van der Waals surface area contributed by atoms with E-state index in [2.05, 4.69) is 13.2 Å². The fourth-order valence-corrected chi connectivity index (χ4v) is 0.541. The zero-order chi connectivity index (χ0) is 7.28. The van der Waals surface area contributed by atoms with Crippen molar-refractivity contribution in [2.45, 2.75) is 0 Å². The minimum absolute atomic E-state index is 0.620. The Hall–Kier alpha value is -0.470. The highest BCUT2D eigenvalue weighted by Gasteiger charge is 1.96. The van der Waals surface area contributed by atoms with Gasteiger partial charge in [-0.3, -0.25) is 0 Å². The van der Waals surface area contributed by atoms with E-state index in [1.807, 2.05) is 0 Å². The van der Waals surface area contributed by atoms with Gasteiger partial charge in [-0.1, -0.05) is 18.7 Å². The highest BCUT2D eigenvalue weighted by atomic mass is 32.2. The molecule has 0 aliphatic rings. The maximum atomic E-state index is 10.6. The van der Waals surface area contributed by atoms with Crippen molar-refractivity contribution in [1.82, 2.24) is 0 Å². The molecule has 0 spiro atoms. The van der Waals surface area contributed by atoms with E-state index in [1.165, 1.54) is 0 Å². The molecule has 0 fully saturated rings. The summed E-state index contributed by atoms with van der Waals surface area (Å²) in [6, 6.07) is 0. The number of rotatable bonds is 3. The van der Waals surface area contributed by atoms with Crippen LogP contribution in [0.15, 0.2) is 36.3 Å². The van der Waals surface area contributed by atoms with Crippen LogP contribution in [0, 0.1) is 0 Å². The average molecular weight is 142 g/mol. The number of hydrogen-bond donors (Lipinski definition) is 0. The Balaban J connectivity index is 3.76. The van der Waals surface area contributed by atoms with Crippen LogP contribution in [0.2, 0.25) is 0 Å². The van der Waals surface area contributed by atoms with Gasteiger partial charge in [0, 0.05) is 0 Å². The third-order valence-electron chi connectivity index (χ3n) is 0.787. The predicted octanol–water partition coefficient (Wildman–Crippen LogP) is 1.62. The quantitative estimate of drug-likeness (QED) is 0.434. The third-order valence-corrected chi connectivity index (χ3v) is 1.66. The first-order valence-electron chi connectivity index (χ1n) is 2.50. The molecule has 0 rings (SSSR count). The van der Waals surface area contributed by atoms with Gasteiger partial charge < -0.3 is 4.55 Å². The van der Waals surface area contributed by atoms with Gasteiger partial charge in [0.2, 0.25) is 0 Å². The van der Waals surface area contributed by atoms with Crippen molar-refractivity contribution in [2.24, 2.45) is 0 Å². The number of hydrogen-bond acceptors (Lipinski definition) is 1. The lowest BCUT2D eigenvalue weighted by Crippen LogP contribution is -1.95. The molecule has 0 aromatic rings. The van der Waals surface area contributed by atoms with Crippen LogP contribution >= 0.6 is 0 Å². The first-order chi connectivity index (χ1) is 4.18. The summed E-state index contributed by atoms with van der Waals surface area (Å²) in [5.74, 6) is 0. The van der Waals surface area contributed by atoms with Crippen molar-refractivity contribution >= 4 is 11.2 Å². The first kappa shape index (κ1) is 8.53. The topological polar surface area (TPSA) is 23.1 Å². The van der Waals surface area contributed by atoms with Gasteiger partial charge >= 0.3 is 0 Å². The van der Waals surface area contributed by atoms with E-state index in [0.717, 1.165) is 0 Å². The second kappa shape index (κ2) is 4.41. The van der Waals surface area contributed by atoms with E-state index in [-0.39, 0.29) is 0 Å². The Morgan fingerprint density at radius 2 is 2.22 bits per heavy atom. The Bertz CT molecular complexity index is 136. The summed E-state index contributed by atoms with van der Waals surface area (Å²) < 4.78 is 10.6. The van der Waals surface area contributed by atoms with Crippen LogP contribution in [-0.4, -0.2) is 10.8 Å². The van der Waals surface area contributed by atoms with Crippen LogP contribution < -0.4 is 0 Å². The minimum atomic E-state index is -0.941. The molecule has 0 aliphatic heterocycles. The van der Waals surface area contributed by atoms with Crippen molar-refractivity contribution in [3.05, 3.63) is 36.3 Å². The molecule has 0 aromatic heterocycles. The lowest BCUT2D eigenvalue weighted by molar-refractivity contribution is 0.607. The van der Waals surface area contributed by atoms with E-state index < -0.39 is 11.2 Å². The molecule has 0 N–H and O–H groups in total. The zero-order valence-electron chi connectivity index (χ0n) is 5.46. The largest absolute Gasteiger partial charge is 0.612 e. The van der Waals surface area contributed by atoms with Gasteiger partial charge in [-0.05, 0) is 23.8 Å². The Morgan fingerprint density at radius 1 is 1.67 bits per heavy atom. The molecule has 9 heavy (non-hydrogen) atoms. The fourth-order valence-electron chi connectivity index (χ4n) is 0.271. The molecule has 0 aliphatic carbocycles. The Labute approximate surface area is 59.0 Å². The summed E-state index contributed by atoms with van der Waals surface area (Å²) >= 11 is -0.941. The van der Waals surface area contributed by atoms with E-state index in [0.29, 0.717) is 4.91 Å². The normalized spacial score (nSPS) is 13.6. The highest BCUT2D eigenvalue weighted by Crippen LogP contribution is 2.01. The minimum Gasteiger partial charge on any atom is -0.612 e. The van der Waals surface area contributed by atoms with Crippen molar-refractivity contribution in [1.29, 1.82) is 0 Å². The van der Waals surface area contributed by atoms with Gasteiger partial charge in [-0.25, -0.2) is 0 Å². The predicted molar refractivity (Wildman–Crippen MR) is 42.5 cm³/mol. The van der Waals surface area contributed by atoms with Gasteiger partial charge in [-0.15, -0.1) is 0 Å². The standard InChI is InChI=1S/C7H10OS/c1-4-5-6-7(2)9(3)8/h4-6H,1-2H2,3H3/b6-5-. The van der Waals surface area contributed by atoms with Crippen LogP contribution in [0.5, 0.6) is 0 Å². The summed E-state index contributed by atoms with van der Waals surface area (Å²) in [5.41, 5.74) is 0. The summed E-state index contributed by atoms with van der Waals surface area (Å²) in [5, 5.41) is 0. The molecule has 1 nitrogen and oxygen atoms in total. The van der Waals surface area contributed by atoms with Crippen molar-refractivity contribution in [3.63, 3.8) is 0 Å². The molecule has 0 saturated heterocycles. The van der Waals surface area contributed by atoms with E-state index in [4.69, 9.17) is 0 Å². The van der Waals surface area contributed by atoms with Gasteiger partial charge in [-0.2, -0.15) is 0 Å². The summed E-state index contributed by atoms with van der Waals surface area (Å²) in [4.78, 5) is 0.620. The molecule has 2 heteroatoms. The van der Waals surface area contributed by atoms with Crippen molar-refractivity contribution < 1.29 is 4.55 Å². The van der Waals surface area contributed by atoms with E-state index >= 15 is 0 Å². The summed E-state index contributed by atoms with van der Waals surface area (Å²) in [6.45, 7) is 7.02. The van der Waals surface area contributed by atoms with Gasteiger partial charge in [0.1, 0.15) is 11.2 Å². The fraction of sp³-hybridized carbons (Fsp3) is 0.143. The Morgan fingerprint density at radius 3 is 2.56 bits per heavy atom. The molecule has 0 aromatic carbocycles. The summed E-state index contributed by atoms with van der Waals surface area (Å²) in [7, 11) is 0. The van der Waals surface area contributed by atoms with Gasteiger partial charge in [0.15, 0.2) is 0 Å². The van der Waals surface area contributed by atoms with Crippen LogP contribution in [0.1, 0.15) is 0 Å². The molecule has 1 unspecified atom stereocenters. The third kappa shape index (κ3) is 4.06. The van der Waals surface area contributed by atoms with Crippen LogP contribution in [-0.2, 0) is 11.2 Å². The molecule has 0 bridgehead atoms. The second-order valence-corrected chi connectivity index (χ2v) is 2.95. The summed E-state index contributed by atoms with van der Waals surface area (Å²) in [6.07, 6.45) is 6.61. The molecule has 1 atom stereocenters. The zero-order valence-corrected chi connectivity index (χ0v) is 6.28. The van der Waals surface area contributed by atoms with Gasteiger partial charge in [0.05, 0.1) is 0 Å². The van der Waals surface area contributed by atoms with Crippen LogP contribution in [0.3, 0.4) is 0 Å². The van der Waals surface area contributed by atoms with Crippen molar-refractivity contribution in [2.75, 3.05) is 6.26 Å². The van der Waals surface area contributed by atoms with Crippen molar-refractivity contribution in [3.8, 4) is 0 Å². The monoisotopic (exact) mass is 142 g/mol. The molecule has 50 valence electrons. The highest BCUT2D eigenvalue weighted by molar-refractivity contribution is 7.94. The average Bonchev–Trinajstić information content (AvgIpc) is 1.82. The van der Waals surface area contributed by atoms with E-state index in [9.17, 15) is 4.55 Å². The molecule has 0 amide bonds. The lowest BCUT2D eigenvalue weighted by atomic mass is 10.5. The smallest absolute Gasteiger partial charge is 0.145 e. The first-order valence-corrected chi connectivity index (χ1v) is 4.05. The molecular formula is C7H10OS. The van der Waals surface area contributed by atoms with Crippen LogP contribution in [0.25, 0.3) is 0 Å². The molecule has 0 saturated carbocycles. The second-order valence-electron chi connectivity index (χ2n) is 1.52. The molecular weight excluding hydrogens is 132 g/mol. The lowest BCUT2D eigenvalue weighted by Gasteiger charge is -2.00. The Kier molecular flexibility index (Phi) is 4.18. The molecule has 0 radical (unpaired) electrons. The maximum absolute atomic E-state index is 10.6. The number of allylic oxidation sites excluding steroid dienone is 3. The molecule has 0 heterocycles.